The maximum absolute atomic E-state index is 13.8. The second-order valence-corrected chi connectivity index (χ2v) is 16.3. The highest BCUT2D eigenvalue weighted by atomic mass is 32.2. The third kappa shape index (κ3) is 5.70. The average molecular weight is 631 g/mol. The number of ether oxygens (including phenoxy) is 1. The summed E-state index contributed by atoms with van der Waals surface area (Å²) in [5.74, 6) is 4.95. The van der Waals surface area contributed by atoms with Crippen molar-refractivity contribution >= 4 is 41.2 Å². The van der Waals surface area contributed by atoms with E-state index in [1.807, 2.05) is 30.3 Å². The number of fused-ring (bicyclic) bond motifs is 6. The van der Waals surface area contributed by atoms with Crippen LogP contribution in [0.15, 0.2) is 35.4 Å². The number of rotatable bonds is 4. The van der Waals surface area contributed by atoms with Gasteiger partial charge in [0.2, 0.25) is 0 Å². The van der Waals surface area contributed by atoms with Gasteiger partial charge in [-0.2, -0.15) is 0 Å². The van der Waals surface area contributed by atoms with Crippen LogP contribution < -0.4 is 19.8 Å². The van der Waals surface area contributed by atoms with Gasteiger partial charge in [-0.3, -0.25) is 19.2 Å². The Morgan fingerprint density at radius 3 is 2.51 bits per heavy atom. The number of carbonyl (C=O) groups excluding carboxylic acids is 2. The Labute approximate surface area is 270 Å². The number of hydrogen-bond donors (Lipinski definition) is 2. The lowest BCUT2D eigenvalue weighted by molar-refractivity contribution is -0.138. The molecule has 2 saturated heterocycles. The molecule has 6 fully saturated rings. The Balaban J connectivity index is 1.03. The van der Waals surface area contributed by atoms with Gasteiger partial charge in [-0.05, 0) is 125 Å². The van der Waals surface area contributed by atoms with Crippen molar-refractivity contribution in [1.82, 2.24) is 14.7 Å². The molecule has 2 unspecified atom stereocenters. The van der Waals surface area contributed by atoms with Gasteiger partial charge in [0, 0.05) is 43.5 Å². The SMILES string of the molecule is CC1(C)CC2CCCNc3cccc(n3)SNC(=O)c3ccc(N4CCC(OCC56CC7CC(CC(C7)C5)C6)C4=O)nc3N1C2. The molecule has 9 nitrogen and oxygen atoms in total. The smallest absolute Gasteiger partial charge is 0.265 e. The van der Waals surface area contributed by atoms with Crippen LogP contribution in [0.3, 0.4) is 0 Å². The maximum Gasteiger partial charge on any atom is 0.265 e. The summed E-state index contributed by atoms with van der Waals surface area (Å²) in [5.41, 5.74) is 0.629. The fourth-order valence-corrected chi connectivity index (χ4v) is 10.6. The lowest BCUT2D eigenvalue weighted by Crippen LogP contribution is -2.49. The topological polar surface area (TPSA) is 99.7 Å². The first-order valence-electron chi connectivity index (χ1n) is 17.1. The molecule has 2 amide bonds. The Morgan fingerprint density at radius 1 is 0.956 bits per heavy atom. The zero-order valence-electron chi connectivity index (χ0n) is 26.6. The minimum Gasteiger partial charge on any atom is -0.370 e. The van der Waals surface area contributed by atoms with Crippen LogP contribution in [0.5, 0.6) is 0 Å². The van der Waals surface area contributed by atoms with Crippen molar-refractivity contribution < 1.29 is 14.3 Å². The van der Waals surface area contributed by atoms with Crippen LogP contribution in [0, 0.1) is 29.1 Å². The van der Waals surface area contributed by atoms with Crippen LogP contribution in [0.25, 0.3) is 0 Å². The third-order valence-electron chi connectivity index (χ3n) is 11.6. The second-order valence-electron chi connectivity index (χ2n) is 15.5. The second kappa shape index (κ2) is 11.4. The molecule has 10 heteroatoms. The summed E-state index contributed by atoms with van der Waals surface area (Å²) in [6, 6.07) is 9.49. The molecule has 2 atom stereocenters. The van der Waals surface area contributed by atoms with Crippen molar-refractivity contribution in [3.63, 3.8) is 0 Å². The minimum absolute atomic E-state index is 0.00124. The fourth-order valence-electron chi connectivity index (χ4n) is 10.0. The first-order chi connectivity index (χ1) is 21.7. The van der Waals surface area contributed by atoms with Gasteiger partial charge < -0.3 is 15.0 Å². The van der Waals surface area contributed by atoms with E-state index >= 15 is 0 Å². The first-order valence-corrected chi connectivity index (χ1v) is 18.0. The van der Waals surface area contributed by atoms with Crippen molar-refractivity contribution in [1.29, 1.82) is 0 Å². The Morgan fingerprint density at radius 2 is 1.73 bits per heavy atom. The van der Waals surface area contributed by atoms with Gasteiger partial charge in [-0.1, -0.05) is 6.07 Å². The molecule has 0 spiro atoms. The van der Waals surface area contributed by atoms with Crippen LogP contribution in [0.2, 0.25) is 0 Å². The summed E-state index contributed by atoms with van der Waals surface area (Å²) in [7, 11) is 0. The van der Waals surface area contributed by atoms with Gasteiger partial charge in [-0.25, -0.2) is 9.97 Å². The van der Waals surface area contributed by atoms with Crippen LogP contribution in [0.1, 0.15) is 88.4 Å². The van der Waals surface area contributed by atoms with Gasteiger partial charge in [-0.15, -0.1) is 0 Å². The fraction of sp³-hybridized carbons (Fsp3) is 0.657. The molecule has 45 heavy (non-hydrogen) atoms. The van der Waals surface area contributed by atoms with Crippen LogP contribution >= 0.6 is 11.9 Å². The number of anilines is 3. The molecule has 0 radical (unpaired) electrons. The molecule has 8 bridgehead atoms. The molecular formula is C35H46N6O3S. The highest BCUT2D eigenvalue weighted by Crippen LogP contribution is 2.60. The zero-order chi connectivity index (χ0) is 30.8. The van der Waals surface area contributed by atoms with Gasteiger partial charge in [0.1, 0.15) is 28.6 Å². The van der Waals surface area contributed by atoms with Gasteiger partial charge >= 0.3 is 0 Å². The molecular weight excluding hydrogens is 584 g/mol. The molecule has 0 aromatic carbocycles. The standard InChI is InChI=1S/C35H46N6O3S/c1-34(2)16-22-5-4-11-36-28-6-3-7-30(37-28)45-39-32(42)26-8-9-29(38-31(26)41(34)20-22)40-12-10-27(33(40)43)44-21-35-17-23-13-24(18-35)15-25(14-23)19-35/h3,6-9,22-25,27H,4-5,10-21H2,1-2H3,(H,36,37)(H,39,42). The van der Waals surface area contributed by atoms with Crippen LogP contribution in [-0.4, -0.2) is 59.7 Å². The highest BCUT2D eigenvalue weighted by Gasteiger charge is 2.51. The lowest BCUT2D eigenvalue weighted by Gasteiger charge is -2.56. The number of hydrogen-bond acceptors (Lipinski definition) is 8. The van der Waals surface area contributed by atoms with Gasteiger partial charge in [0.15, 0.2) is 0 Å². The molecule has 4 saturated carbocycles. The summed E-state index contributed by atoms with van der Waals surface area (Å²) in [4.78, 5) is 41.3. The predicted octanol–water partition coefficient (Wildman–Crippen LogP) is 6.06. The van der Waals surface area contributed by atoms with Crippen LogP contribution in [-0.2, 0) is 9.53 Å². The van der Waals surface area contributed by atoms with E-state index in [0.29, 0.717) is 42.7 Å². The first kappa shape index (κ1) is 29.5. The number of nitrogens with one attached hydrogen (secondary N) is 2. The van der Waals surface area contributed by atoms with E-state index in [-0.39, 0.29) is 22.8 Å². The van der Waals surface area contributed by atoms with Crippen molar-refractivity contribution in [3.05, 3.63) is 35.9 Å². The number of amides is 2. The number of carbonyl (C=O) groups is 2. The monoisotopic (exact) mass is 630 g/mol. The normalized spacial score (nSPS) is 33.8. The van der Waals surface area contributed by atoms with E-state index in [1.54, 1.807) is 4.90 Å². The molecule has 5 heterocycles. The Kier molecular flexibility index (Phi) is 7.51. The Bertz CT molecular complexity index is 1450. The number of nitrogens with zero attached hydrogens (tertiary/aromatic N) is 4. The van der Waals surface area contributed by atoms with E-state index in [1.165, 1.54) is 50.5 Å². The molecule has 7 aliphatic rings. The van der Waals surface area contributed by atoms with Crippen molar-refractivity contribution in [2.45, 2.75) is 94.7 Å². The molecule has 2 aromatic heterocycles. The Hall–Kier alpha value is -2.85. The third-order valence-corrected chi connectivity index (χ3v) is 12.3. The molecule has 4 aliphatic carbocycles. The van der Waals surface area contributed by atoms with Gasteiger partial charge in [0.25, 0.3) is 11.8 Å². The quantitative estimate of drug-likeness (QED) is 0.394. The largest absolute Gasteiger partial charge is 0.370 e. The van der Waals surface area contributed by atoms with Crippen LogP contribution in [0.4, 0.5) is 17.5 Å². The van der Waals surface area contributed by atoms with Crippen molar-refractivity contribution in [2.24, 2.45) is 29.1 Å². The number of pyridine rings is 2. The summed E-state index contributed by atoms with van der Waals surface area (Å²) in [6.45, 7) is 7.46. The molecule has 3 aliphatic heterocycles. The molecule has 9 rings (SSSR count). The molecule has 240 valence electrons. The summed E-state index contributed by atoms with van der Waals surface area (Å²) in [6.07, 6.45) is 11.5. The molecule has 2 aromatic rings. The minimum atomic E-state index is -0.415. The predicted molar refractivity (Wildman–Crippen MR) is 176 cm³/mol. The van der Waals surface area contributed by atoms with E-state index in [9.17, 15) is 9.59 Å². The molecule has 2 N–H and O–H groups in total. The van der Waals surface area contributed by atoms with Crippen molar-refractivity contribution in [3.8, 4) is 0 Å². The lowest BCUT2D eigenvalue weighted by atomic mass is 9.50. The zero-order valence-corrected chi connectivity index (χ0v) is 27.4. The summed E-state index contributed by atoms with van der Waals surface area (Å²) < 4.78 is 9.50. The van der Waals surface area contributed by atoms with Crippen molar-refractivity contribution in [2.75, 3.05) is 41.4 Å². The van der Waals surface area contributed by atoms with E-state index in [2.05, 4.69) is 33.8 Å². The number of aromatic nitrogens is 2. The van der Waals surface area contributed by atoms with E-state index in [0.717, 1.165) is 60.9 Å². The highest BCUT2D eigenvalue weighted by molar-refractivity contribution is 7.97. The maximum atomic E-state index is 13.8. The van der Waals surface area contributed by atoms with E-state index in [4.69, 9.17) is 9.72 Å². The summed E-state index contributed by atoms with van der Waals surface area (Å²) in [5, 5.41) is 4.16. The van der Waals surface area contributed by atoms with Gasteiger partial charge in [0.05, 0.1) is 12.2 Å². The average Bonchev–Trinajstić information content (AvgIpc) is 3.53. The van der Waals surface area contributed by atoms with E-state index < -0.39 is 6.10 Å². The summed E-state index contributed by atoms with van der Waals surface area (Å²) >= 11 is 1.21.